The van der Waals surface area contributed by atoms with Crippen LogP contribution in [0.25, 0.3) is 0 Å². The number of nitrogens with one attached hydrogen (secondary N) is 1. The van der Waals surface area contributed by atoms with E-state index < -0.39 is 0 Å². The first-order valence-corrected chi connectivity index (χ1v) is 7.26. The standard InChI is InChI=1S/C16H19NOS/c1-12-9-10-19-14(12)15(18)17-11-16(2,3)13-7-5-4-6-8-13/h4-10H,11H2,1-3H3,(H,17,18). The molecule has 100 valence electrons. The Bertz CT molecular complexity index is 557. The molecule has 0 spiro atoms. The van der Waals surface area contributed by atoms with Crippen molar-refractivity contribution < 1.29 is 4.79 Å². The molecule has 2 aromatic rings. The third kappa shape index (κ3) is 3.24. The number of carbonyl (C=O) groups excluding carboxylic acids is 1. The minimum absolute atomic E-state index is 0.0245. The van der Waals surface area contributed by atoms with Gasteiger partial charge >= 0.3 is 0 Å². The molecule has 0 fully saturated rings. The number of hydrogen-bond acceptors (Lipinski definition) is 2. The molecule has 0 saturated heterocycles. The van der Waals surface area contributed by atoms with Crippen LogP contribution in [-0.4, -0.2) is 12.5 Å². The number of thiophene rings is 1. The van der Waals surface area contributed by atoms with Crippen molar-refractivity contribution in [2.75, 3.05) is 6.54 Å². The summed E-state index contributed by atoms with van der Waals surface area (Å²) in [5.74, 6) is 0.0245. The van der Waals surface area contributed by atoms with E-state index in [1.54, 1.807) is 0 Å². The zero-order valence-corrected chi connectivity index (χ0v) is 12.4. The third-order valence-corrected chi connectivity index (χ3v) is 4.33. The average molecular weight is 273 g/mol. The predicted octanol–water partition coefficient (Wildman–Crippen LogP) is 3.76. The molecule has 0 saturated carbocycles. The Morgan fingerprint density at radius 2 is 1.89 bits per heavy atom. The average Bonchev–Trinajstić information content (AvgIpc) is 2.83. The van der Waals surface area contributed by atoms with Gasteiger partial charge in [0.2, 0.25) is 0 Å². The molecule has 2 rings (SSSR count). The SMILES string of the molecule is Cc1ccsc1C(=O)NCC(C)(C)c1ccccc1. The number of carbonyl (C=O) groups is 1. The fraction of sp³-hybridized carbons (Fsp3) is 0.312. The van der Waals surface area contributed by atoms with Gasteiger partial charge < -0.3 is 5.32 Å². The van der Waals surface area contributed by atoms with Gasteiger partial charge in [-0.1, -0.05) is 44.2 Å². The van der Waals surface area contributed by atoms with Gasteiger partial charge in [-0.15, -0.1) is 11.3 Å². The van der Waals surface area contributed by atoms with E-state index in [0.29, 0.717) is 6.54 Å². The van der Waals surface area contributed by atoms with Gasteiger partial charge in [-0.25, -0.2) is 0 Å². The van der Waals surface area contributed by atoms with Crippen molar-refractivity contribution in [3.8, 4) is 0 Å². The van der Waals surface area contributed by atoms with Crippen LogP contribution in [0, 0.1) is 6.92 Å². The molecule has 0 radical (unpaired) electrons. The van der Waals surface area contributed by atoms with Gasteiger partial charge in [0.25, 0.3) is 5.91 Å². The van der Waals surface area contributed by atoms with Crippen LogP contribution >= 0.6 is 11.3 Å². The summed E-state index contributed by atoms with van der Waals surface area (Å²) < 4.78 is 0. The van der Waals surface area contributed by atoms with Crippen molar-refractivity contribution in [3.05, 3.63) is 57.8 Å². The Kier molecular flexibility index (Phi) is 4.05. The Balaban J connectivity index is 2.03. The maximum absolute atomic E-state index is 12.1. The first kappa shape index (κ1) is 13.8. The highest BCUT2D eigenvalue weighted by Crippen LogP contribution is 2.22. The van der Waals surface area contributed by atoms with E-state index >= 15 is 0 Å². The minimum Gasteiger partial charge on any atom is -0.350 e. The van der Waals surface area contributed by atoms with E-state index in [9.17, 15) is 4.79 Å². The van der Waals surface area contributed by atoms with E-state index in [-0.39, 0.29) is 11.3 Å². The van der Waals surface area contributed by atoms with Gasteiger partial charge in [-0.2, -0.15) is 0 Å². The molecule has 0 atom stereocenters. The van der Waals surface area contributed by atoms with Crippen LogP contribution in [-0.2, 0) is 5.41 Å². The first-order valence-electron chi connectivity index (χ1n) is 6.38. The summed E-state index contributed by atoms with van der Waals surface area (Å²) in [4.78, 5) is 12.9. The van der Waals surface area contributed by atoms with Gasteiger partial charge in [0.05, 0.1) is 4.88 Å². The van der Waals surface area contributed by atoms with Crippen molar-refractivity contribution in [2.45, 2.75) is 26.2 Å². The second-order valence-electron chi connectivity index (χ2n) is 5.37. The smallest absolute Gasteiger partial charge is 0.261 e. The molecule has 1 heterocycles. The molecular weight excluding hydrogens is 254 g/mol. The summed E-state index contributed by atoms with van der Waals surface area (Å²) >= 11 is 1.49. The van der Waals surface area contributed by atoms with Gasteiger partial charge in [-0.3, -0.25) is 4.79 Å². The highest BCUT2D eigenvalue weighted by molar-refractivity contribution is 7.12. The summed E-state index contributed by atoms with van der Waals surface area (Å²) in [6, 6.07) is 12.2. The van der Waals surface area contributed by atoms with E-state index in [4.69, 9.17) is 0 Å². The second-order valence-corrected chi connectivity index (χ2v) is 6.28. The molecule has 1 N–H and O–H groups in total. The minimum atomic E-state index is -0.0674. The number of benzene rings is 1. The highest BCUT2D eigenvalue weighted by atomic mass is 32.1. The predicted molar refractivity (Wildman–Crippen MR) is 80.9 cm³/mol. The lowest BCUT2D eigenvalue weighted by Crippen LogP contribution is -2.36. The lowest BCUT2D eigenvalue weighted by molar-refractivity contribution is 0.0949. The number of amides is 1. The van der Waals surface area contributed by atoms with Gasteiger partial charge in [0.1, 0.15) is 0 Å². The highest BCUT2D eigenvalue weighted by Gasteiger charge is 2.22. The number of aryl methyl sites for hydroxylation is 1. The van der Waals surface area contributed by atoms with Crippen LogP contribution in [0.1, 0.15) is 34.6 Å². The summed E-state index contributed by atoms with van der Waals surface area (Å²) in [5.41, 5.74) is 2.21. The Labute approximate surface area is 118 Å². The lowest BCUT2D eigenvalue weighted by atomic mass is 9.84. The summed E-state index contributed by atoms with van der Waals surface area (Å²) in [6.07, 6.45) is 0. The molecule has 0 aliphatic carbocycles. The molecule has 0 aliphatic heterocycles. The monoisotopic (exact) mass is 273 g/mol. The molecule has 3 heteroatoms. The van der Waals surface area contributed by atoms with Crippen LogP contribution in [0.15, 0.2) is 41.8 Å². The molecule has 0 bridgehead atoms. The molecule has 1 aromatic heterocycles. The van der Waals surface area contributed by atoms with Crippen molar-refractivity contribution in [2.24, 2.45) is 0 Å². The Morgan fingerprint density at radius 1 is 1.21 bits per heavy atom. The van der Waals surface area contributed by atoms with Crippen molar-refractivity contribution in [3.63, 3.8) is 0 Å². The molecule has 1 amide bonds. The topological polar surface area (TPSA) is 29.1 Å². The van der Waals surface area contributed by atoms with E-state index in [1.807, 2.05) is 36.6 Å². The molecule has 1 aromatic carbocycles. The lowest BCUT2D eigenvalue weighted by Gasteiger charge is -2.25. The van der Waals surface area contributed by atoms with Gasteiger partial charge in [0, 0.05) is 12.0 Å². The van der Waals surface area contributed by atoms with Gasteiger partial charge in [0.15, 0.2) is 0 Å². The second kappa shape index (κ2) is 5.57. The summed E-state index contributed by atoms with van der Waals surface area (Å²) in [5, 5.41) is 4.99. The third-order valence-electron chi connectivity index (χ3n) is 3.31. The zero-order valence-electron chi connectivity index (χ0n) is 11.6. The Morgan fingerprint density at radius 3 is 2.47 bits per heavy atom. The van der Waals surface area contributed by atoms with Crippen molar-refractivity contribution in [1.82, 2.24) is 5.32 Å². The van der Waals surface area contributed by atoms with Crippen molar-refractivity contribution in [1.29, 1.82) is 0 Å². The summed E-state index contributed by atoms with van der Waals surface area (Å²) in [6.45, 7) is 6.88. The van der Waals surface area contributed by atoms with Crippen LogP contribution in [0.2, 0.25) is 0 Å². The normalized spacial score (nSPS) is 11.3. The van der Waals surface area contributed by atoms with Crippen molar-refractivity contribution >= 4 is 17.2 Å². The van der Waals surface area contributed by atoms with E-state index in [1.165, 1.54) is 16.9 Å². The Hall–Kier alpha value is -1.61. The number of hydrogen-bond donors (Lipinski definition) is 1. The van der Waals surface area contributed by atoms with Crippen LogP contribution in [0.4, 0.5) is 0 Å². The molecule has 0 unspecified atom stereocenters. The molecule has 2 nitrogen and oxygen atoms in total. The van der Waals surface area contributed by atoms with E-state index in [2.05, 4.69) is 31.3 Å². The molecule has 0 aliphatic rings. The first-order chi connectivity index (χ1) is 9.00. The van der Waals surface area contributed by atoms with Gasteiger partial charge in [-0.05, 0) is 29.5 Å². The van der Waals surface area contributed by atoms with Crippen LogP contribution in [0.5, 0.6) is 0 Å². The largest absolute Gasteiger partial charge is 0.350 e. The zero-order chi connectivity index (χ0) is 13.9. The van der Waals surface area contributed by atoms with Crippen LogP contribution in [0.3, 0.4) is 0 Å². The maximum Gasteiger partial charge on any atom is 0.261 e. The number of rotatable bonds is 4. The fourth-order valence-electron chi connectivity index (χ4n) is 1.98. The maximum atomic E-state index is 12.1. The molecule has 19 heavy (non-hydrogen) atoms. The van der Waals surface area contributed by atoms with E-state index in [0.717, 1.165) is 10.4 Å². The summed E-state index contributed by atoms with van der Waals surface area (Å²) in [7, 11) is 0. The molecular formula is C16H19NOS. The fourth-order valence-corrected chi connectivity index (χ4v) is 2.82. The van der Waals surface area contributed by atoms with Crippen LogP contribution < -0.4 is 5.32 Å². The quantitative estimate of drug-likeness (QED) is 0.903.